The SMILES string of the molecule is COCOc1cc(C=C2NC(=O)NC2=O)cc(OCOC)c1OC. The van der Waals surface area contributed by atoms with Gasteiger partial charge in [-0.25, -0.2) is 4.79 Å². The van der Waals surface area contributed by atoms with Gasteiger partial charge in [0.05, 0.1) is 7.11 Å². The zero-order valence-corrected chi connectivity index (χ0v) is 13.5. The molecule has 0 bridgehead atoms. The molecule has 1 aliphatic rings. The fourth-order valence-corrected chi connectivity index (χ4v) is 1.99. The number of carbonyl (C=O) groups is 2. The Balaban J connectivity index is 2.41. The van der Waals surface area contributed by atoms with Gasteiger partial charge in [-0.05, 0) is 23.8 Å². The van der Waals surface area contributed by atoms with Gasteiger partial charge in [0, 0.05) is 14.2 Å². The van der Waals surface area contributed by atoms with Crippen LogP contribution < -0.4 is 24.8 Å². The topological polar surface area (TPSA) is 104 Å². The molecule has 130 valence electrons. The van der Waals surface area contributed by atoms with Crippen LogP contribution in [0.1, 0.15) is 5.56 Å². The zero-order valence-electron chi connectivity index (χ0n) is 13.5. The second-order valence-corrected chi connectivity index (χ2v) is 4.62. The summed E-state index contributed by atoms with van der Waals surface area (Å²) < 4.78 is 26.0. The maximum atomic E-state index is 11.6. The van der Waals surface area contributed by atoms with Crippen LogP contribution in [0, 0.1) is 0 Å². The highest BCUT2D eigenvalue weighted by Gasteiger charge is 2.23. The van der Waals surface area contributed by atoms with E-state index in [0.717, 1.165) is 0 Å². The van der Waals surface area contributed by atoms with Gasteiger partial charge in [0.1, 0.15) is 5.70 Å². The average Bonchev–Trinajstić information content (AvgIpc) is 2.88. The van der Waals surface area contributed by atoms with E-state index in [0.29, 0.717) is 22.8 Å². The number of imide groups is 1. The van der Waals surface area contributed by atoms with Crippen molar-refractivity contribution >= 4 is 18.0 Å². The fourth-order valence-electron chi connectivity index (χ4n) is 1.99. The number of nitrogens with one attached hydrogen (secondary N) is 2. The summed E-state index contributed by atoms with van der Waals surface area (Å²) in [6.45, 7) is -0.00531. The van der Waals surface area contributed by atoms with E-state index in [4.69, 9.17) is 23.7 Å². The first-order valence-corrected chi connectivity index (χ1v) is 6.88. The smallest absolute Gasteiger partial charge is 0.326 e. The average molecular weight is 338 g/mol. The molecule has 24 heavy (non-hydrogen) atoms. The van der Waals surface area contributed by atoms with Crippen LogP contribution in [-0.4, -0.2) is 46.9 Å². The van der Waals surface area contributed by atoms with Gasteiger partial charge in [-0.3, -0.25) is 10.1 Å². The summed E-state index contributed by atoms with van der Waals surface area (Å²) >= 11 is 0. The Morgan fingerprint density at radius 2 is 1.54 bits per heavy atom. The second kappa shape index (κ2) is 8.18. The molecule has 0 aromatic heterocycles. The van der Waals surface area contributed by atoms with Crippen LogP contribution in [0.15, 0.2) is 17.8 Å². The molecule has 0 aliphatic carbocycles. The van der Waals surface area contributed by atoms with Crippen molar-refractivity contribution in [2.45, 2.75) is 0 Å². The Hall–Kier alpha value is -2.78. The molecular weight excluding hydrogens is 320 g/mol. The van der Waals surface area contributed by atoms with Crippen molar-refractivity contribution in [1.82, 2.24) is 10.6 Å². The van der Waals surface area contributed by atoms with Crippen LogP contribution in [0.25, 0.3) is 6.08 Å². The minimum absolute atomic E-state index is 0.00265. The quantitative estimate of drug-likeness (QED) is 0.411. The highest BCUT2D eigenvalue weighted by atomic mass is 16.7. The van der Waals surface area contributed by atoms with Gasteiger partial charge < -0.3 is 29.0 Å². The number of rotatable bonds is 8. The van der Waals surface area contributed by atoms with Gasteiger partial charge >= 0.3 is 6.03 Å². The molecule has 2 N–H and O–H groups in total. The highest BCUT2D eigenvalue weighted by molar-refractivity contribution is 6.14. The van der Waals surface area contributed by atoms with Crippen LogP contribution in [0.3, 0.4) is 0 Å². The standard InChI is InChI=1S/C15H18N2O7/c1-20-7-23-11-5-9(4-10-14(18)17-15(19)16-10)6-12(13(11)22-3)24-8-21-2/h4-6H,7-8H2,1-3H3,(H2,16,17,18,19). The van der Waals surface area contributed by atoms with E-state index in [1.54, 1.807) is 12.1 Å². The minimum atomic E-state index is -0.577. The Labute approximate surface area is 138 Å². The first kappa shape index (κ1) is 17.6. The third-order valence-corrected chi connectivity index (χ3v) is 2.94. The summed E-state index contributed by atoms with van der Waals surface area (Å²) in [5, 5.41) is 4.53. The number of hydrogen-bond donors (Lipinski definition) is 2. The second-order valence-electron chi connectivity index (χ2n) is 4.62. The van der Waals surface area contributed by atoms with Gasteiger partial charge in [-0.1, -0.05) is 0 Å². The molecule has 1 heterocycles. The fraction of sp³-hybridized carbons (Fsp3) is 0.333. The first-order chi connectivity index (χ1) is 11.6. The van der Waals surface area contributed by atoms with Crippen molar-refractivity contribution in [2.24, 2.45) is 0 Å². The Morgan fingerprint density at radius 1 is 0.958 bits per heavy atom. The van der Waals surface area contributed by atoms with Crippen LogP contribution in [-0.2, 0) is 14.3 Å². The molecule has 1 aliphatic heterocycles. The molecule has 3 amide bonds. The summed E-state index contributed by atoms with van der Waals surface area (Å²) in [6, 6.07) is 2.68. The number of urea groups is 1. The normalized spacial score (nSPS) is 15.2. The van der Waals surface area contributed by atoms with Crippen molar-refractivity contribution in [3.05, 3.63) is 23.4 Å². The zero-order chi connectivity index (χ0) is 17.5. The largest absolute Gasteiger partial charge is 0.490 e. The van der Waals surface area contributed by atoms with Crippen LogP contribution >= 0.6 is 0 Å². The Morgan fingerprint density at radius 3 is 1.96 bits per heavy atom. The van der Waals surface area contributed by atoms with Crippen LogP contribution in [0.5, 0.6) is 17.2 Å². The lowest BCUT2D eigenvalue weighted by Crippen LogP contribution is -2.22. The van der Waals surface area contributed by atoms with E-state index in [1.807, 2.05) is 0 Å². The molecule has 2 rings (SSSR count). The summed E-state index contributed by atoms with van der Waals surface area (Å²) in [4.78, 5) is 22.8. The molecule has 1 aromatic rings. The monoisotopic (exact) mass is 338 g/mol. The molecule has 0 atom stereocenters. The predicted octanol–water partition coefficient (Wildman–Crippen LogP) is 0.841. The van der Waals surface area contributed by atoms with Crippen LogP contribution in [0.4, 0.5) is 4.79 Å². The lowest BCUT2D eigenvalue weighted by atomic mass is 10.1. The number of carbonyl (C=O) groups excluding carboxylic acids is 2. The van der Waals surface area contributed by atoms with E-state index in [1.165, 1.54) is 27.4 Å². The van der Waals surface area contributed by atoms with Crippen LogP contribution in [0.2, 0.25) is 0 Å². The van der Waals surface area contributed by atoms with Gasteiger partial charge in [-0.2, -0.15) is 0 Å². The minimum Gasteiger partial charge on any atom is -0.490 e. The van der Waals surface area contributed by atoms with Crippen molar-refractivity contribution in [1.29, 1.82) is 0 Å². The lowest BCUT2D eigenvalue weighted by molar-refractivity contribution is -0.115. The molecule has 1 fully saturated rings. The Bertz CT molecular complexity index is 628. The van der Waals surface area contributed by atoms with Crippen molar-refractivity contribution < 1.29 is 33.3 Å². The molecule has 9 heteroatoms. The molecule has 0 radical (unpaired) electrons. The van der Waals surface area contributed by atoms with Gasteiger partial charge in [-0.15, -0.1) is 0 Å². The predicted molar refractivity (Wildman–Crippen MR) is 82.7 cm³/mol. The number of benzene rings is 1. The molecule has 0 unspecified atom stereocenters. The Kier molecular flexibility index (Phi) is 5.99. The van der Waals surface area contributed by atoms with Crippen molar-refractivity contribution in [3.63, 3.8) is 0 Å². The van der Waals surface area contributed by atoms with E-state index in [-0.39, 0.29) is 19.3 Å². The van der Waals surface area contributed by atoms with E-state index in [2.05, 4.69) is 10.6 Å². The lowest BCUT2D eigenvalue weighted by Gasteiger charge is -2.15. The maximum absolute atomic E-state index is 11.6. The molecule has 0 saturated carbocycles. The van der Waals surface area contributed by atoms with E-state index >= 15 is 0 Å². The summed E-state index contributed by atoms with van der Waals surface area (Å²) in [5.41, 5.74) is 0.668. The van der Waals surface area contributed by atoms with Gasteiger partial charge in [0.25, 0.3) is 5.91 Å². The molecule has 0 spiro atoms. The highest BCUT2D eigenvalue weighted by Crippen LogP contribution is 2.39. The number of ether oxygens (including phenoxy) is 5. The molecule has 1 aromatic carbocycles. The number of methoxy groups -OCH3 is 3. The third-order valence-electron chi connectivity index (χ3n) is 2.94. The number of amides is 3. The summed E-state index contributed by atoms with van der Waals surface area (Å²) in [6.07, 6.45) is 1.49. The van der Waals surface area contributed by atoms with Crippen molar-refractivity contribution in [3.8, 4) is 17.2 Å². The molecular formula is C15H18N2O7. The number of hydrogen-bond acceptors (Lipinski definition) is 7. The van der Waals surface area contributed by atoms with Gasteiger partial charge in [0.15, 0.2) is 25.1 Å². The van der Waals surface area contributed by atoms with Gasteiger partial charge in [0.2, 0.25) is 5.75 Å². The first-order valence-electron chi connectivity index (χ1n) is 6.88. The third kappa shape index (κ3) is 4.15. The summed E-state index contributed by atoms with van der Waals surface area (Å²) in [5.74, 6) is 0.537. The molecule has 9 nitrogen and oxygen atoms in total. The maximum Gasteiger partial charge on any atom is 0.326 e. The summed E-state index contributed by atoms with van der Waals surface area (Å²) in [7, 11) is 4.44. The molecule has 1 saturated heterocycles. The van der Waals surface area contributed by atoms with Crippen molar-refractivity contribution in [2.75, 3.05) is 34.9 Å². The van der Waals surface area contributed by atoms with E-state index in [9.17, 15) is 9.59 Å². The van der Waals surface area contributed by atoms with E-state index < -0.39 is 11.9 Å².